The van der Waals surface area contributed by atoms with E-state index in [2.05, 4.69) is 44.5 Å². The molecule has 1 amide bonds. The predicted octanol–water partition coefficient (Wildman–Crippen LogP) is 3.86. The van der Waals surface area contributed by atoms with Crippen LogP contribution >= 0.6 is 0 Å². The van der Waals surface area contributed by atoms with Gasteiger partial charge in [-0.05, 0) is 48.2 Å². The number of amides is 1. The second-order valence-electron chi connectivity index (χ2n) is 6.56. The molecule has 0 unspecified atom stereocenters. The Bertz CT molecular complexity index is 1080. The van der Waals surface area contributed by atoms with Crippen LogP contribution in [0.1, 0.15) is 16.8 Å². The Kier molecular flexibility index (Phi) is 5.10. The van der Waals surface area contributed by atoms with Gasteiger partial charge in [0.25, 0.3) is 5.91 Å². The van der Waals surface area contributed by atoms with Crippen molar-refractivity contribution in [2.24, 2.45) is 0 Å². The van der Waals surface area contributed by atoms with E-state index in [1.807, 2.05) is 36.4 Å². The first-order chi connectivity index (χ1) is 13.8. The summed E-state index contributed by atoms with van der Waals surface area (Å²) < 4.78 is 7.39. The quantitative estimate of drug-likeness (QED) is 0.483. The third-order valence-electron chi connectivity index (χ3n) is 4.80. The monoisotopic (exact) mass is 374 g/mol. The minimum atomic E-state index is -0.128. The van der Waals surface area contributed by atoms with E-state index in [4.69, 9.17) is 4.74 Å². The van der Waals surface area contributed by atoms with Gasteiger partial charge < -0.3 is 14.6 Å². The highest BCUT2D eigenvalue weighted by atomic mass is 16.5. The molecule has 4 aromatic rings. The molecule has 0 bridgehead atoms. The number of methoxy groups -OCH3 is 1. The van der Waals surface area contributed by atoms with Gasteiger partial charge in [-0.3, -0.25) is 9.89 Å². The molecule has 0 aliphatic carbocycles. The normalized spacial score (nSPS) is 10.9. The van der Waals surface area contributed by atoms with Crippen LogP contribution in [0.4, 0.5) is 0 Å². The van der Waals surface area contributed by atoms with Gasteiger partial charge in [-0.15, -0.1) is 0 Å². The maximum absolute atomic E-state index is 12.6. The lowest BCUT2D eigenvalue weighted by atomic mass is 10.1. The van der Waals surface area contributed by atoms with E-state index < -0.39 is 0 Å². The molecule has 6 heteroatoms. The number of aromatic amines is 1. The molecule has 2 heterocycles. The molecule has 4 rings (SSSR count). The molecule has 0 saturated heterocycles. The number of aryl methyl sites for hydroxylation is 1. The first-order valence-electron chi connectivity index (χ1n) is 9.26. The van der Waals surface area contributed by atoms with Crippen LogP contribution in [0.3, 0.4) is 0 Å². The summed E-state index contributed by atoms with van der Waals surface area (Å²) >= 11 is 0. The third kappa shape index (κ3) is 3.62. The van der Waals surface area contributed by atoms with Crippen LogP contribution in [-0.2, 0) is 6.54 Å². The van der Waals surface area contributed by atoms with Gasteiger partial charge >= 0.3 is 0 Å². The number of carbonyl (C=O) groups is 1. The van der Waals surface area contributed by atoms with Crippen molar-refractivity contribution in [1.29, 1.82) is 0 Å². The van der Waals surface area contributed by atoms with Crippen LogP contribution in [0.2, 0.25) is 0 Å². The van der Waals surface area contributed by atoms with Crippen LogP contribution in [0.25, 0.3) is 22.2 Å². The molecule has 28 heavy (non-hydrogen) atoms. The number of benzene rings is 2. The number of hydrogen-bond acceptors (Lipinski definition) is 3. The van der Waals surface area contributed by atoms with Crippen LogP contribution < -0.4 is 10.1 Å². The summed E-state index contributed by atoms with van der Waals surface area (Å²) in [6.07, 6.45) is 4.50. The molecule has 0 aliphatic heterocycles. The van der Waals surface area contributed by atoms with Crippen molar-refractivity contribution >= 4 is 16.8 Å². The first kappa shape index (κ1) is 17.9. The number of hydrogen-bond donors (Lipinski definition) is 2. The minimum Gasteiger partial charge on any atom is -0.497 e. The van der Waals surface area contributed by atoms with Crippen molar-refractivity contribution in [1.82, 2.24) is 20.1 Å². The Morgan fingerprint density at radius 3 is 2.79 bits per heavy atom. The summed E-state index contributed by atoms with van der Waals surface area (Å²) in [5, 5.41) is 11.2. The van der Waals surface area contributed by atoms with Gasteiger partial charge in [0.1, 0.15) is 5.75 Å². The van der Waals surface area contributed by atoms with Gasteiger partial charge in [0.2, 0.25) is 0 Å². The maximum Gasteiger partial charge on any atom is 0.255 e. The summed E-state index contributed by atoms with van der Waals surface area (Å²) in [7, 11) is 1.63. The predicted molar refractivity (Wildman–Crippen MR) is 109 cm³/mol. The number of ether oxygens (including phenoxy) is 1. The highest BCUT2D eigenvalue weighted by Gasteiger charge is 2.15. The summed E-state index contributed by atoms with van der Waals surface area (Å²) in [6, 6.07) is 17.9. The topological polar surface area (TPSA) is 71.9 Å². The zero-order valence-corrected chi connectivity index (χ0v) is 15.7. The number of nitrogens with zero attached hydrogens (tertiary/aromatic N) is 2. The Hall–Kier alpha value is -3.54. The summed E-state index contributed by atoms with van der Waals surface area (Å²) in [6.45, 7) is 1.45. The number of H-pyrrole nitrogens is 1. The Balaban J connectivity index is 1.36. The van der Waals surface area contributed by atoms with Crippen molar-refractivity contribution in [3.05, 3.63) is 72.6 Å². The molecule has 0 aliphatic rings. The average Bonchev–Trinajstić information content (AvgIpc) is 3.39. The van der Waals surface area contributed by atoms with Crippen molar-refractivity contribution in [2.45, 2.75) is 13.0 Å². The van der Waals surface area contributed by atoms with E-state index in [-0.39, 0.29) is 5.91 Å². The van der Waals surface area contributed by atoms with Gasteiger partial charge in [-0.1, -0.05) is 18.2 Å². The molecule has 0 radical (unpaired) electrons. The Morgan fingerprint density at radius 1 is 1.14 bits per heavy atom. The second kappa shape index (κ2) is 8.00. The van der Waals surface area contributed by atoms with Gasteiger partial charge in [-0.2, -0.15) is 5.10 Å². The lowest BCUT2D eigenvalue weighted by molar-refractivity contribution is 0.0953. The fourth-order valence-corrected chi connectivity index (χ4v) is 3.32. The molecule has 2 aromatic heterocycles. The van der Waals surface area contributed by atoms with Gasteiger partial charge in [-0.25, -0.2) is 0 Å². The van der Waals surface area contributed by atoms with Crippen LogP contribution in [0, 0.1) is 0 Å². The number of rotatable bonds is 7. The SMILES string of the molecule is COc1ccc(-c2[nH]ncc2C(=O)NCCCn2ccc3ccccc32)cc1. The smallest absolute Gasteiger partial charge is 0.255 e. The van der Waals surface area contributed by atoms with E-state index in [1.165, 1.54) is 10.9 Å². The molecule has 2 N–H and O–H groups in total. The zero-order chi connectivity index (χ0) is 19.3. The second-order valence-corrected chi connectivity index (χ2v) is 6.56. The highest BCUT2D eigenvalue weighted by molar-refractivity contribution is 5.99. The number of aromatic nitrogens is 3. The largest absolute Gasteiger partial charge is 0.497 e. The van der Waals surface area contributed by atoms with E-state index >= 15 is 0 Å². The molecule has 0 fully saturated rings. The fraction of sp³-hybridized carbons (Fsp3) is 0.182. The summed E-state index contributed by atoms with van der Waals surface area (Å²) in [5.41, 5.74) is 3.35. The zero-order valence-electron chi connectivity index (χ0n) is 15.7. The molecule has 0 atom stereocenters. The molecule has 0 spiro atoms. The summed E-state index contributed by atoms with van der Waals surface area (Å²) in [5.74, 6) is 0.642. The van der Waals surface area contributed by atoms with E-state index in [0.717, 1.165) is 24.3 Å². The average molecular weight is 374 g/mol. The van der Waals surface area contributed by atoms with Gasteiger partial charge in [0, 0.05) is 30.4 Å². The molecular formula is C22H22N4O2. The summed E-state index contributed by atoms with van der Waals surface area (Å²) in [4.78, 5) is 12.6. The molecule has 142 valence electrons. The van der Waals surface area contributed by atoms with Crippen molar-refractivity contribution in [3.8, 4) is 17.0 Å². The van der Waals surface area contributed by atoms with Crippen molar-refractivity contribution < 1.29 is 9.53 Å². The number of para-hydroxylation sites is 1. The van der Waals surface area contributed by atoms with Crippen LogP contribution in [-0.4, -0.2) is 34.3 Å². The van der Waals surface area contributed by atoms with Crippen molar-refractivity contribution in [3.63, 3.8) is 0 Å². The van der Waals surface area contributed by atoms with Crippen molar-refractivity contribution in [2.75, 3.05) is 13.7 Å². The fourth-order valence-electron chi connectivity index (χ4n) is 3.32. The highest BCUT2D eigenvalue weighted by Crippen LogP contribution is 2.23. The third-order valence-corrected chi connectivity index (χ3v) is 4.80. The van der Waals surface area contributed by atoms with E-state index in [0.29, 0.717) is 17.8 Å². The number of nitrogens with one attached hydrogen (secondary N) is 2. The molecule has 2 aromatic carbocycles. The maximum atomic E-state index is 12.6. The standard InChI is InChI=1S/C22H22N4O2/c1-28-18-9-7-17(8-10-18)21-19(15-24-25-21)22(27)23-12-4-13-26-14-11-16-5-2-3-6-20(16)26/h2-3,5-11,14-15H,4,12-13H2,1H3,(H,23,27)(H,24,25). The van der Waals surface area contributed by atoms with Gasteiger partial charge in [0.15, 0.2) is 0 Å². The van der Waals surface area contributed by atoms with Crippen LogP contribution in [0.15, 0.2) is 67.0 Å². The van der Waals surface area contributed by atoms with E-state index in [9.17, 15) is 4.79 Å². The molecular weight excluding hydrogens is 352 g/mol. The van der Waals surface area contributed by atoms with Crippen LogP contribution in [0.5, 0.6) is 5.75 Å². The lowest BCUT2D eigenvalue weighted by Crippen LogP contribution is -2.25. The van der Waals surface area contributed by atoms with Gasteiger partial charge in [0.05, 0.1) is 24.6 Å². The Labute approximate surface area is 163 Å². The van der Waals surface area contributed by atoms with E-state index in [1.54, 1.807) is 13.3 Å². The minimum absolute atomic E-state index is 0.128. The first-order valence-corrected chi connectivity index (χ1v) is 9.26. The Morgan fingerprint density at radius 2 is 1.96 bits per heavy atom. The lowest BCUT2D eigenvalue weighted by Gasteiger charge is -2.08. The number of carbonyl (C=O) groups excluding carboxylic acids is 1. The molecule has 6 nitrogen and oxygen atoms in total. The number of fused-ring (bicyclic) bond motifs is 1. The molecule has 0 saturated carbocycles.